The number of fused-ring (bicyclic) bond motifs is 1. The Balaban J connectivity index is 1.28. The third-order valence-corrected chi connectivity index (χ3v) is 9.30. The molecular formula is C29H33ClF3N5O2S. The lowest BCUT2D eigenvalue weighted by Crippen LogP contribution is -2.45. The van der Waals surface area contributed by atoms with Gasteiger partial charge in [-0.15, -0.1) is 0 Å². The molecule has 5 rings (SSSR count). The molecule has 0 spiro atoms. The third-order valence-electron chi connectivity index (χ3n) is 7.99. The number of halogens is 4. The molecule has 7 nitrogen and oxygen atoms in total. The van der Waals surface area contributed by atoms with E-state index in [1.54, 1.807) is 18.0 Å². The van der Waals surface area contributed by atoms with E-state index in [0.29, 0.717) is 17.4 Å². The van der Waals surface area contributed by atoms with Crippen LogP contribution in [0.4, 0.5) is 13.2 Å². The van der Waals surface area contributed by atoms with E-state index >= 15 is 0 Å². The Morgan fingerprint density at radius 2 is 2.02 bits per heavy atom. The Bertz CT molecular complexity index is 1400. The number of piperidine rings is 1. The first-order valence-corrected chi connectivity index (χ1v) is 14.8. The van der Waals surface area contributed by atoms with Crippen LogP contribution in [0.15, 0.2) is 45.9 Å². The molecule has 1 aromatic carbocycles. The minimum atomic E-state index is -4.51. The van der Waals surface area contributed by atoms with Crippen molar-refractivity contribution in [1.29, 1.82) is 0 Å². The van der Waals surface area contributed by atoms with E-state index in [1.807, 2.05) is 26.1 Å². The highest BCUT2D eigenvalue weighted by Gasteiger charge is 2.34. The van der Waals surface area contributed by atoms with Crippen molar-refractivity contribution in [2.24, 2.45) is 10.9 Å². The van der Waals surface area contributed by atoms with Gasteiger partial charge >= 0.3 is 6.18 Å². The van der Waals surface area contributed by atoms with E-state index in [-0.39, 0.29) is 29.0 Å². The molecule has 0 saturated carbocycles. The zero-order chi connectivity index (χ0) is 29.3. The third kappa shape index (κ3) is 6.74. The molecule has 3 aliphatic rings. The number of methoxy groups -OCH3 is 1. The van der Waals surface area contributed by atoms with Crippen molar-refractivity contribution in [3.8, 4) is 0 Å². The molecule has 0 bridgehead atoms. The van der Waals surface area contributed by atoms with Crippen LogP contribution in [-0.2, 0) is 28.7 Å². The maximum absolute atomic E-state index is 13.6. The van der Waals surface area contributed by atoms with Crippen molar-refractivity contribution in [3.05, 3.63) is 68.4 Å². The number of nitrogens with zero attached hydrogens (tertiary/aromatic N) is 5. The smallest absolute Gasteiger partial charge is 0.383 e. The number of ether oxygens (including phenoxy) is 1. The number of aromatic nitrogens is 2. The molecule has 1 amide bonds. The van der Waals surface area contributed by atoms with Crippen molar-refractivity contribution >= 4 is 40.5 Å². The van der Waals surface area contributed by atoms with Gasteiger partial charge in [0, 0.05) is 56.1 Å². The number of allylic oxidation sites excluding steroid dienone is 2. The number of hydrogen-bond acceptors (Lipinski definition) is 6. The van der Waals surface area contributed by atoms with Crippen LogP contribution in [-0.4, -0.2) is 77.1 Å². The highest BCUT2D eigenvalue weighted by atomic mass is 35.5. The summed E-state index contributed by atoms with van der Waals surface area (Å²) in [4.78, 5) is 22.3. The molecule has 41 heavy (non-hydrogen) atoms. The van der Waals surface area contributed by atoms with Crippen LogP contribution in [0.5, 0.6) is 0 Å². The van der Waals surface area contributed by atoms with Crippen molar-refractivity contribution in [2.75, 3.05) is 40.4 Å². The van der Waals surface area contributed by atoms with Gasteiger partial charge in [-0.05, 0) is 72.4 Å². The summed E-state index contributed by atoms with van der Waals surface area (Å²) >= 11 is 7.24. The lowest BCUT2D eigenvalue weighted by atomic mass is 9.88. The Morgan fingerprint density at radius 3 is 2.73 bits per heavy atom. The van der Waals surface area contributed by atoms with Gasteiger partial charge in [-0.3, -0.25) is 9.48 Å². The van der Waals surface area contributed by atoms with Crippen LogP contribution < -0.4 is 0 Å². The Morgan fingerprint density at radius 1 is 1.27 bits per heavy atom. The Kier molecular flexibility index (Phi) is 8.98. The second kappa shape index (κ2) is 12.3. The maximum Gasteiger partial charge on any atom is 0.416 e. The van der Waals surface area contributed by atoms with Crippen LogP contribution >= 0.6 is 23.4 Å². The number of likely N-dealkylation sites (tertiary alicyclic amines) is 1. The SMILES string of the molecule is COCCN1CCC(N(C)C2=NC(=O)/C(=C/C3=Cc4cnn(Cc5ccc(Cl)cc5C(F)(F)F)c4CC3C)S2)CC1. The predicted octanol–water partition coefficient (Wildman–Crippen LogP) is 5.74. The average Bonchev–Trinajstić information content (AvgIpc) is 3.50. The molecule has 0 radical (unpaired) electrons. The van der Waals surface area contributed by atoms with E-state index in [0.717, 1.165) is 67.1 Å². The molecule has 1 aliphatic carbocycles. The van der Waals surface area contributed by atoms with Gasteiger partial charge in [0.2, 0.25) is 0 Å². The van der Waals surface area contributed by atoms with E-state index in [2.05, 4.69) is 19.9 Å². The quantitative estimate of drug-likeness (QED) is 0.375. The summed E-state index contributed by atoms with van der Waals surface area (Å²) in [6.45, 7) is 5.66. The summed E-state index contributed by atoms with van der Waals surface area (Å²) in [5.41, 5.74) is 2.03. The largest absolute Gasteiger partial charge is 0.416 e. The standard InChI is InChI=1S/C29H33ClF3N5O2S/c1-18-12-25-21(16-34-38(25)17-19-4-5-22(30)15-24(19)29(31,32)33)13-20(18)14-26-27(39)35-28(41-26)36(2)23-6-8-37(9-7-23)10-11-40-3/h4-5,13-16,18,23H,6-12,17H2,1-3H3/b26-14-. The first kappa shape index (κ1) is 29.9. The van der Waals surface area contributed by atoms with Gasteiger partial charge in [0.25, 0.3) is 5.91 Å². The van der Waals surface area contributed by atoms with E-state index in [1.165, 1.54) is 23.9 Å². The molecule has 1 atom stereocenters. The van der Waals surface area contributed by atoms with Crippen molar-refractivity contribution in [3.63, 3.8) is 0 Å². The molecule has 1 saturated heterocycles. The van der Waals surface area contributed by atoms with E-state index in [9.17, 15) is 18.0 Å². The molecule has 1 aromatic heterocycles. The number of aliphatic imine (C=N–C) groups is 1. The number of alkyl halides is 3. The summed E-state index contributed by atoms with van der Waals surface area (Å²) in [6, 6.07) is 4.15. The zero-order valence-electron chi connectivity index (χ0n) is 23.2. The second-order valence-corrected chi connectivity index (χ2v) is 12.2. The number of carbonyl (C=O) groups is 1. The van der Waals surface area contributed by atoms with Crippen LogP contribution in [0.3, 0.4) is 0 Å². The van der Waals surface area contributed by atoms with Gasteiger partial charge in [-0.2, -0.15) is 23.3 Å². The predicted molar refractivity (Wildman–Crippen MR) is 156 cm³/mol. The number of amidine groups is 1. The van der Waals surface area contributed by atoms with E-state index < -0.39 is 11.7 Å². The summed E-state index contributed by atoms with van der Waals surface area (Å²) in [5.74, 6) is -0.198. The van der Waals surface area contributed by atoms with Crippen LogP contribution in [0.1, 0.15) is 42.1 Å². The van der Waals surface area contributed by atoms with E-state index in [4.69, 9.17) is 16.3 Å². The molecular weight excluding hydrogens is 575 g/mol. The highest BCUT2D eigenvalue weighted by Crippen LogP contribution is 2.37. The topological polar surface area (TPSA) is 63.0 Å². The van der Waals surface area contributed by atoms with Crippen molar-refractivity contribution in [2.45, 2.75) is 44.9 Å². The van der Waals surface area contributed by atoms with Gasteiger partial charge in [-0.25, -0.2) is 0 Å². The number of amides is 1. The summed E-state index contributed by atoms with van der Waals surface area (Å²) in [7, 11) is 3.72. The second-order valence-electron chi connectivity index (χ2n) is 10.7. The molecule has 1 fully saturated rings. The summed E-state index contributed by atoms with van der Waals surface area (Å²) in [5, 5.41) is 5.16. The fourth-order valence-corrected chi connectivity index (χ4v) is 6.66. The van der Waals surface area contributed by atoms with Gasteiger partial charge in [0.15, 0.2) is 5.17 Å². The zero-order valence-corrected chi connectivity index (χ0v) is 24.8. The molecule has 0 N–H and O–H groups in total. The summed E-state index contributed by atoms with van der Waals surface area (Å²) < 4.78 is 47.7. The minimum Gasteiger partial charge on any atom is -0.383 e. The number of thioether (sulfide) groups is 1. The number of benzene rings is 1. The van der Waals surface area contributed by atoms with Crippen LogP contribution in [0, 0.1) is 5.92 Å². The molecule has 12 heteroatoms. The molecule has 2 aliphatic heterocycles. The first-order valence-electron chi connectivity index (χ1n) is 13.6. The molecule has 3 heterocycles. The molecule has 2 aromatic rings. The number of carbonyl (C=O) groups excluding carboxylic acids is 1. The average molecular weight is 608 g/mol. The van der Waals surface area contributed by atoms with Crippen molar-refractivity contribution in [1.82, 2.24) is 19.6 Å². The van der Waals surface area contributed by atoms with Gasteiger partial charge in [0.1, 0.15) is 0 Å². The van der Waals surface area contributed by atoms with Gasteiger partial charge in [0.05, 0.1) is 29.8 Å². The number of rotatable bonds is 7. The van der Waals surface area contributed by atoms with Gasteiger partial charge in [-0.1, -0.05) is 24.6 Å². The minimum absolute atomic E-state index is 0.0124. The normalized spacial score (nSPS) is 21.3. The Labute approximate surface area is 247 Å². The lowest BCUT2D eigenvalue weighted by molar-refractivity contribution is -0.138. The maximum atomic E-state index is 13.6. The molecule has 1 unspecified atom stereocenters. The van der Waals surface area contributed by atoms with Crippen LogP contribution in [0.25, 0.3) is 6.08 Å². The summed E-state index contributed by atoms with van der Waals surface area (Å²) in [6.07, 6.45) is 3.62. The number of hydrogen-bond donors (Lipinski definition) is 0. The van der Waals surface area contributed by atoms with Gasteiger partial charge < -0.3 is 14.5 Å². The Hall–Kier alpha value is -2.60. The fraction of sp³-hybridized carbons (Fsp3) is 0.483. The monoisotopic (exact) mass is 607 g/mol. The first-order chi connectivity index (χ1) is 19.5. The lowest BCUT2D eigenvalue weighted by Gasteiger charge is -2.37. The molecule has 220 valence electrons. The van der Waals surface area contributed by atoms with Crippen molar-refractivity contribution < 1.29 is 22.7 Å². The highest BCUT2D eigenvalue weighted by molar-refractivity contribution is 8.18. The fourth-order valence-electron chi connectivity index (χ4n) is 5.54. The van der Waals surface area contributed by atoms with Crippen LogP contribution in [0.2, 0.25) is 5.02 Å².